The van der Waals surface area contributed by atoms with E-state index in [9.17, 15) is 4.79 Å². The fourth-order valence-corrected chi connectivity index (χ4v) is 2.25. The molecule has 3 aromatic rings. The molecule has 0 aliphatic carbocycles. The summed E-state index contributed by atoms with van der Waals surface area (Å²) < 4.78 is 11.9. The van der Waals surface area contributed by atoms with Crippen LogP contribution in [0.1, 0.15) is 10.4 Å². The molecule has 24 heavy (non-hydrogen) atoms. The summed E-state index contributed by atoms with van der Waals surface area (Å²) in [5.74, 6) is 0.835. The largest absolute Gasteiger partial charge is 0.493 e. The van der Waals surface area contributed by atoms with E-state index in [4.69, 9.17) is 9.47 Å². The lowest BCUT2D eigenvalue weighted by Crippen LogP contribution is -2.15. The molecular weight excluding hydrogens is 310 g/mol. The minimum Gasteiger partial charge on any atom is -0.493 e. The van der Waals surface area contributed by atoms with Crippen molar-refractivity contribution in [1.29, 1.82) is 0 Å². The number of methoxy groups -OCH3 is 2. The first-order valence-corrected chi connectivity index (χ1v) is 7.08. The molecule has 0 saturated carbocycles. The van der Waals surface area contributed by atoms with Crippen molar-refractivity contribution in [3.8, 4) is 17.2 Å². The van der Waals surface area contributed by atoms with Gasteiger partial charge in [-0.2, -0.15) is 4.68 Å². The first-order chi connectivity index (χ1) is 11.7. The number of benzene rings is 2. The third-order valence-corrected chi connectivity index (χ3v) is 3.39. The van der Waals surface area contributed by atoms with Crippen molar-refractivity contribution in [1.82, 2.24) is 20.2 Å². The third-order valence-electron chi connectivity index (χ3n) is 3.39. The summed E-state index contributed by atoms with van der Waals surface area (Å²) in [5.41, 5.74) is 1.62. The van der Waals surface area contributed by atoms with Gasteiger partial charge in [0.25, 0.3) is 5.91 Å². The summed E-state index contributed by atoms with van der Waals surface area (Å²) in [6.07, 6.45) is 1.43. The quantitative estimate of drug-likeness (QED) is 0.771. The molecule has 0 spiro atoms. The first-order valence-electron chi connectivity index (χ1n) is 7.08. The number of aromatic nitrogens is 4. The molecule has 0 bridgehead atoms. The molecule has 0 radical (unpaired) electrons. The van der Waals surface area contributed by atoms with Crippen LogP contribution in [0.2, 0.25) is 0 Å². The SMILES string of the molecule is COc1ccc(NC(=O)c2ccccc2-n2cnnn2)cc1OC. The second-order valence-corrected chi connectivity index (χ2v) is 4.80. The Balaban J connectivity index is 1.89. The van der Waals surface area contributed by atoms with Crippen LogP contribution >= 0.6 is 0 Å². The maximum Gasteiger partial charge on any atom is 0.257 e. The zero-order valence-corrected chi connectivity index (χ0v) is 13.1. The summed E-state index contributed by atoms with van der Waals surface area (Å²) in [6.45, 7) is 0. The highest BCUT2D eigenvalue weighted by Crippen LogP contribution is 2.30. The Morgan fingerprint density at radius 2 is 1.88 bits per heavy atom. The number of nitrogens with one attached hydrogen (secondary N) is 1. The minimum absolute atomic E-state index is 0.284. The maximum atomic E-state index is 12.6. The summed E-state index contributed by atoms with van der Waals surface area (Å²) in [6, 6.07) is 12.2. The lowest BCUT2D eigenvalue weighted by Gasteiger charge is -2.12. The van der Waals surface area contributed by atoms with E-state index in [2.05, 4.69) is 20.8 Å². The van der Waals surface area contributed by atoms with Crippen LogP contribution in [0.5, 0.6) is 11.5 Å². The molecule has 0 aliphatic heterocycles. The van der Waals surface area contributed by atoms with Crippen LogP contribution in [0, 0.1) is 0 Å². The maximum absolute atomic E-state index is 12.6. The van der Waals surface area contributed by atoms with Gasteiger partial charge in [0.1, 0.15) is 6.33 Å². The van der Waals surface area contributed by atoms with E-state index >= 15 is 0 Å². The Hall–Kier alpha value is -3.42. The van der Waals surface area contributed by atoms with Gasteiger partial charge in [0, 0.05) is 11.8 Å². The van der Waals surface area contributed by atoms with E-state index in [0.29, 0.717) is 28.4 Å². The highest BCUT2D eigenvalue weighted by molar-refractivity contribution is 6.06. The molecule has 0 unspecified atom stereocenters. The Kier molecular flexibility index (Phi) is 4.37. The van der Waals surface area contributed by atoms with Crippen LogP contribution in [-0.2, 0) is 0 Å². The number of carbonyl (C=O) groups excluding carboxylic acids is 1. The Morgan fingerprint density at radius 1 is 1.08 bits per heavy atom. The molecule has 1 N–H and O–H groups in total. The molecule has 0 saturated heterocycles. The molecule has 1 amide bonds. The molecule has 0 fully saturated rings. The lowest BCUT2D eigenvalue weighted by molar-refractivity contribution is 0.102. The zero-order chi connectivity index (χ0) is 16.9. The van der Waals surface area contributed by atoms with Gasteiger partial charge in [-0.05, 0) is 34.7 Å². The van der Waals surface area contributed by atoms with Gasteiger partial charge in [0.15, 0.2) is 11.5 Å². The first kappa shape index (κ1) is 15.5. The fourth-order valence-electron chi connectivity index (χ4n) is 2.25. The van der Waals surface area contributed by atoms with Crippen molar-refractivity contribution < 1.29 is 14.3 Å². The predicted octanol–water partition coefficient (Wildman–Crippen LogP) is 1.93. The minimum atomic E-state index is -0.284. The van der Waals surface area contributed by atoms with Crippen LogP contribution in [0.4, 0.5) is 5.69 Å². The number of ether oxygens (including phenoxy) is 2. The monoisotopic (exact) mass is 325 g/mol. The second kappa shape index (κ2) is 6.78. The molecule has 122 valence electrons. The van der Waals surface area contributed by atoms with Crippen molar-refractivity contribution in [2.45, 2.75) is 0 Å². The van der Waals surface area contributed by atoms with Crippen LogP contribution in [0.15, 0.2) is 48.8 Å². The lowest BCUT2D eigenvalue weighted by atomic mass is 10.1. The third kappa shape index (κ3) is 3.02. The highest BCUT2D eigenvalue weighted by Gasteiger charge is 2.14. The number of para-hydroxylation sites is 1. The van der Waals surface area contributed by atoms with Crippen LogP contribution in [0.3, 0.4) is 0 Å². The van der Waals surface area contributed by atoms with E-state index in [-0.39, 0.29) is 5.91 Å². The van der Waals surface area contributed by atoms with E-state index < -0.39 is 0 Å². The highest BCUT2D eigenvalue weighted by atomic mass is 16.5. The Bertz CT molecular complexity index is 849. The number of hydrogen-bond acceptors (Lipinski definition) is 6. The number of rotatable bonds is 5. The average Bonchev–Trinajstić information content (AvgIpc) is 3.16. The van der Waals surface area contributed by atoms with Gasteiger partial charge in [-0.1, -0.05) is 12.1 Å². The van der Waals surface area contributed by atoms with Gasteiger partial charge < -0.3 is 14.8 Å². The predicted molar refractivity (Wildman–Crippen MR) is 86.7 cm³/mol. The number of nitrogens with zero attached hydrogens (tertiary/aromatic N) is 4. The normalized spacial score (nSPS) is 10.2. The van der Waals surface area contributed by atoms with Crippen molar-refractivity contribution in [2.75, 3.05) is 19.5 Å². The van der Waals surface area contributed by atoms with E-state index in [1.165, 1.54) is 18.1 Å². The smallest absolute Gasteiger partial charge is 0.257 e. The van der Waals surface area contributed by atoms with Gasteiger partial charge in [-0.3, -0.25) is 4.79 Å². The molecule has 3 rings (SSSR count). The molecule has 0 aliphatic rings. The van der Waals surface area contributed by atoms with E-state index in [1.807, 2.05) is 6.07 Å². The average molecular weight is 325 g/mol. The molecule has 8 heteroatoms. The van der Waals surface area contributed by atoms with Gasteiger partial charge in [-0.25, -0.2) is 0 Å². The number of tetrazole rings is 1. The Morgan fingerprint density at radius 3 is 2.58 bits per heavy atom. The molecular formula is C16H15N5O3. The van der Waals surface area contributed by atoms with Crippen molar-refractivity contribution in [2.24, 2.45) is 0 Å². The van der Waals surface area contributed by atoms with Crippen LogP contribution in [0.25, 0.3) is 5.69 Å². The zero-order valence-electron chi connectivity index (χ0n) is 13.1. The number of anilines is 1. The molecule has 1 heterocycles. The van der Waals surface area contributed by atoms with Gasteiger partial charge in [0.05, 0.1) is 25.5 Å². The summed E-state index contributed by atoms with van der Waals surface area (Å²) >= 11 is 0. The second-order valence-electron chi connectivity index (χ2n) is 4.80. The van der Waals surface area contributed by atoms with Gasteiger partial charge in [0.2, 0.25) is 0 Å². The van der Waals surface area contributed by atoms with Crippen molar-refractivity contribution in [3.63, 3.8) is 0 Å². The number of hydrogen-bond donors (Lipinski definition) is 1. The number of carbonyl (C=O) groups is 1. The molecule has 8 nitrogen and oxygen atoms in total. The van der Waals surface area contributed by atoms with Gasteiger partial charge in [-0.15, -0.1) is 5.10 Å². The Labute approximate surface area is 138 Å². The van der Waals surface area contributed by atoms with Crippen LogP contribution < -0.4 is 14.8 Å². The molecule has 1 aromatic heterocycles. The van der Waals surface area contributed by atoms with Crippen LogP contribution in [-0.4, -0.2) is 40.3 Å². The summed E-state index contributed by atoms with van der Waals surface area (Å²) in [4.78, 5) is 12.6. The summed E-state index contributed by atoms with van der Waals surface area (Å²) in [7, 11) is 3.09. The van der Waals surface area contributed by atoms with Crippen molar-refractivity contribution >= 4 is 11.6 Å². The fraction of sp³-hybridized carbons (Fsp3) is 0.125. The summed E-state index contributed by atoms with van der Waals surface area (Å²) in [5, 5.41) is 13.8. The standard InChI is InChI=1S/C16H15N5O3/c1-23-14-8-7-11(9-15(14)24-2)18-16(22)12-5-3-4-6-13(12)21-10-17-19-20-21/h3-10H,1-2H3,(H,18,22). The number of amides is 1. The van der Waals surface area contributed by atoms with E-state index in [0.717, 1.165) is 0 Å². The molecule has 0 atom stereocenters. The molecule has 2 aromatic carbocycles. The van der Waals surface area contributed by atoms with Gasteiger partial charge >= 0.3 is 0 Å². The van der Waals surface area contributed by atoms with Crippen molar-refractivity contribution in [3.05, 3.63) is 54.4 Å². The topological polar surface area (TPSA) is 91.2 Å². The van der Waals surface area contributed by atoms with E-state index in [1.54, 1.807) is 43.5 Å².